The van der Waals surface area contributed by atoms with Crippen LogP contribution in [0.2, 0.25) is 0 Å². The molecule has 1 N–H and O–H groups in total. The first-order valence-corrected chi connectivity index (χ1v) is 9.45. The van der Waals surface area contributed by atoms with E-state index in [9.17, 15) is 19.2 Å². The van der Waals surface area contributed by atoms with Crippen molar-refractivity contribution in [3.8, 4) is 5.75 Å². The van der Waals surface area contributed by atoms with Crippen molar-refractivity contribution < 1.29 is 23.9 Å². The Bertz CT molecular complexity index is 751. The van der Waals surface area contributed by atoms with Gasteiger partial charge in [-0.25, -0.2) is 0 Å². The Balaban J connectivity index is 1.53. The maximum absolute atomic E-state index is 12.4. The third-order valence-corrected chi connectivity index (χ3v) is 5.23. The monoisotopic (exact) mass is 387 g/mol. The Morgan fingerprint density at radius 1 is 1.07 bits per heavy atom. The van der Waals surface area contributed by atoms with Crippen LogP contribution in [0.5, 0.6) is 5.75 Å². The van der Waals surface area contributed by atoms with Gasteiger partial charge in [-0.3, -0.25) is 24.1 Å². The van der Waals surface area contributed by atoms with E-state index >= 15 is 0 Å². The summed E-state index contributed by atoms with van der Waals surface area (Å²) in [6.07, 6.45) is 3.36. The largest absolute Gasteiger partial charge is 0.484 e. The third kappa shape index (κ3) is 4.32. The zero-order valence-electron chi connectivity index (χ0n) is 16.1. The van der Waals surface area contributed by atoms with E-state index in [-0.39, 0.29) is 42.7 Å². The molecule has 0 spiro atoms. The maximum Gasteiger partial charge on any atom is 0.259 e. The molecule has 0 aromatic heterocycles. The van der Waals surface area contributed by atoms with Crippen LogP contribution in [0.25, 0.3) is 0 Å². The number of imide groups is 1. The van der Waals surface area contributed by atoms with Crippen LogP contribution in [0.15, 0.2) is 24.3 Å². The minimum Gasteiger partial charge on any atom is -0.484 e. The lowest BCUT2D eigenvalue weighted by Crippen LogP contribution is -2.38. The molecule has 1 aliphatic heterocycles. The van der Waals surface area contributed by atoms with Crippen LogP contribution < -0.4 is 10.1 Å². The molecule has 0 unspecified atom stereocenters. The Labute approximate surface area is 163 Å². The topological polar surface area (TPSA) is 96.0 Å². The van der Waals surface area contributed by atoms with Crippen LogP contribution in [-0.2, 0) is 19.2 Å². The van der Waals surface area contributed by atoms with Gasteiger partial charge in [0.15, 0.2) is 6.61 Å². The average molecular weight is 387 g/mol. The molecule has 2 aliphatic rings. The van der Waals surface area contributed by atoms with E-state index in [2.05, 4.69) is 5.32 Å². The number of nitrogens with one attached hydrogen (secondary N) is 1. The highest BCUT2D eigenvalue weighted by atomic mass is 16.5. The highest BCUT2D eigenvalue weighted by Gasteiger charge is 2.48. The fraction of sp³-hybridized carbons (Fsp3) is 0.500. The smallest absolute Gasteiger partial charge is 0.259 e. The summed E-state index contributed by atoms with van der Waals surface area (Å²) >= 11 is 0. The summed E-state index contributed by atoms with van der Waals surface area (Å²) in [5, 5.41) is 2.69. The lowest BCUT2D eigenvalue weighted by atomic mass is 9.81. The van der Waals surface area contributed by atoms with Crippen LogP contribution in [0.1, 0.15) is 25.7 Å². The average Bonchev–Trinajstić information content (AvgIpc) is 2.92. The summed E-state index contributed by atoms with van der Waals surface area (Å²) in [5.41, 5.74) is 0.521. The number of amides is 4. The fourth-order valence-corrected chi connectivity index (χ4v) is 3.64. The summed E-state index contributed by atoms with van der Waals surface area (Å²) in [6, 6.07) is 6.56. The maximum atomic E-state index is 12.4. The first kappa shape index (κ1) is 19.9. The number of rotatable bonds is 6. The summed E-state index contributed by atoms with van der Waals surface area (Å²) < 4.78 is 5.38. The van der Waals surface area contributed by atoms with Gasteiger partial charge in [0.2, 0.25) is 17.7 Å². The van der Waals surface area contributed by atoms with E-state index in [1.165, 1.54) is 4.90 Å². The third-order valence-electron chi connectivity index (χ3n) is 5.23. The van der Waals surface area contributed by atoms with E-state index in [4.69, 9.17) is 4.74 Å². The molecule has 1 aliphatic carbocycles. The number of anilines is 1. The Kier molecular flexibility index (Phi) is 5.96. The number of nitrogens with zero attached hydrogens (tertiary/aromatic N) is 2. The molecule has 0 bridgehead atoms. The summed E-state index contributed by atoms with van der Waals surface area (Å²) in [7, 11) is 3.30. The number of hydrogen-bond acceptors (Lipinski definition) is 5. The molecule has 150 valence electrons. The highest BCUT2D eigenvalue weighted by molar-refractivity contribution is 6.08. The second-order valence-corrected chi connectivity index (χ2v) is 7.41. The minimum atomic E-state index is -0.420. The highest BCUT2D eigenvalue weighted by Crippen LogP contribution is 2.37. The van der Waals surface area contributed by atoms with Gasteiger partial charge in [-0.05, 0) is 37.1 Å². The van der Waals surface area contributed by atoms with Crippen molar-refractivity contribution in [3.05, 3.63) is 24.3 Å². The van der Waals surface area contributed by atoms with Crippen LogP contribution in [-0.4, -0.2) is 60.7 Å². The molecule has 3 rings (SSSR count). The Hall–Kier alpha value is -2.90. The van der Waals surface area contributed by atoms with E-state index in [1.54, 1.807) is 38.4 Å². The molecular formula is C20H25N3O5. The van der Waals surface area contributed by atoms with Crippen molar-refractivity contribution in [2.24, 2.45) is 11.8 Å². The quantitative estimate of drug-likeness (QED) is 0.742. The number of carbonyl (C=O) groups excluding carboxylic acids is 4. The summed E-state index contributed by atoms with van der Waals surface area (Å²) in [5.74, 6) is -1.03. The van der Waals surface area contributed by atoms with Gasteiger partial charge >= 0.3 is 0 Å². The lowest BCUT2D eigenvalue weighted by Gasteiger charge is -2.19. The van der Waals surface area contributed by atoms with Crippen molar-refractivity contribution in [3.63, 3.8) is 0 Å². The molecule has 1 heterocycles. The predicted octanol–water partition coefficient (Wildman–Crippen LogP) is 1.27. The Morgan fingerprint density at radius 3 is 2.18 bits per heavy atom. The van der Waals surface area contributed by atoms with Gasteiger partial charge in [0.1, 0.15) is 12.3 Å². The van der Waals surface area contributed by atoms with Crippen LogP contribution in [0, 0.1) is 11.8 Å². The summed E-state index contributed by atoms with van der Waals surface area (Å²) in [6.45, 7) is -0.333. The SMILES string of the molecule is CN(C)C(=O)COc1ccc(NC(=O)CN2C(=O)[C@H]3CCCC[C@H]3C2=O)cc1. The van der Waals surface area contributed by atoms with Gasteiger partial charge in [0, 0.05) is 19.8 Å². The van der Waals surface area contributed by atoms with Gasteiger partial charge in [-0.15, -0.1) is 0 Å². The Morgan fingerprint density at radius 2 is 1.64 bits per heavy atom. The van der Waals surface area contributed by atoms with Gasteiger partial charge in [0.05, 0.1) is 11.8 Å². The van der Waals surface area contributed by atoms with Crippen molar-refractivity contribution >= 4 is 29.3 Å². The normalized spacial score (nSPS) is 21.3. The number of fused-ring (bicyclic) bond motifs is 1. The molecule has 1 saturated carbocycles. The molecule has 1 aromatic carbocycles. The predicted molar refractivity (Wildman–Crippen MR) is 101 cm³/mol. The van der Waals surface area contributed by atoms with Crippen molar-refractivity contribution in [1.29, 1.82) is 0 Å². The molecule has 1 aromatic rings. The van der Waals surface area contributed by atoms with Crippen LogP contribution in [0.3, 0.4) is 0 Å². The second-order valence-electron chi connectivity index (χ2n) is 7.41. The number of ether oxygens (including phenoxy) is 1. The van der Waals surface area contributed by atoms with E-state index in [1.807, 2.05) is 0 Å². The first-order valence-electron chi connectivity index (χ1n) is 9.45. The van der Waals surface area contributed by atoms with E-state index in [0.717, 1.165) is 30.6 Å². The molecular weight excluding hydrogens is 362 g/mol. The molecule has 1 saturated heterocycles. The lowest BCUT2D eigenvalue weighted by molar-refractivity contribution is -0.142. The van der Waals surface area contributed by atoms with E-state index < -0.39 is 5.91 Å². The van der Waals surface area contributed by atoms with E-state index in [0.29, 0.717) is 11.4 Å². The minimum absolute atomic E-state index is 0.0692. The zero-order chi connectivity index (χ0) is 20.3. The van der Waals surface area contributed by atoms with Gasteiger partial charge in [-0.1, -0.05) is 12.8 Å². The number of likely N-dealkylation sites (N-methyl/N-ethyl adjacent to an activating group) is 1. The molecule has 28 heavy (non-hydrogen) atoms. The van der Waals surface area contributed by atoms with Crippen molar-refractivity contribution in [2.45, 2.75) is 25.7 Å². The molecule has 2 fully saturated rings. The van der Waals surface area contributed by atoms with Crippen LogP contribution >= 0.6 is 0 Å². The van der Waals surface area contributed by atoms with Crippen molar-refractivity contribution in [1.82, 2.24) is 9.80 Å². The first-order chi connectivity index (χ1) is 13.4. The van der Waals surface area contributed by atoms with Crippen molar-refractivity contribution in [2.75, 3.05) is 32.6 Å². The molecule has 8 heteroatoms. The fourth-order valence-electron chi connectivity index (χ4n) is 3.64. The number of hydrogen-bond donors (Lipinski definition) is 1. The van der Waals surface area contributed by atoms with Gasteiger partial charge in [-0.2, -0.15) is 0 Å². The molecule has 0 radical (unpaired) electrons. The number of carbonyl (C=O) groups is 4. The number of benzene rings is 1. The van der Waals surface area contributed by atoms with Crippen LogP contribution in [0.4, 0.5) is 5.69 Å². The van der Waals surface area contributed by atoms with Gasteiger partial charge < -0.3 is 15.0 Å². The standard InChI is InChI=1S/C20H25N3O5/c1-22(2)18(25)12-28-14-9-7-13(8-10-14)21-17(24)11-23-19(26)15-5-3-4-6-16(15)20(23)27/h7-10,15-16H,3-6,11-12H2,1-2H3,(H,21,24)/t15-,16+. The molecule has 4 amide bonds. The summed E-state index contributed by atoms with van der Waals surface area (Å²) in [4.78, 5) is 51.2. The van der Waals surface area contributed by atoms with Gasteiger partial charge in [0.25, 0.3) is 5.91 Å². The second kappa shape index (κ2) is 8.41. The molecule has 2 atom stereocenters. The molecule has 8 nitrogen and oxygen atoms in total. The number of likely N-dealkylation sites (tertiary alicyclic amines) is 1. The zero-order valence-corrected chi connectivity index (χ0v) is 16.1.